The van der Waals surface area contributed by atoms with E-state index in [4.69, 9.17) is 9.47 Å². The van der Waals surface area contributed by atoms with Gasteiger partial charge in [-0.1, -0.05) is 53.3 Å². The summed E-state index contributed by atoms with van der Waals surface area (Å²) in [5.41, 5.74) is -0.114. The molecule has 0 saturated carbocycles. The van der Waals surface area contributed by atoms with Crippen LogP contribution in [0.4, 0.5) is 4.79 Å². The number of hydrogen-bond donors (Lipinski definition) is 1. The second kappa shape index (κ2) is 14.4. The molecule has 1 aromatic carbocycles. The van der Waals surface area contributed by atoms with Gasteiger partial charge in [-0.2, -0.15) is 0 Å². The highest BCUT2D eigenvalue weighted by molar-refractivity contribution is 5.70. The van der Waals surface area contributed by atoms with Crippen LogP contribution in [-0.4, -0.2) is 27.9 Å². The number of carbonyl (C=O) groups is 1. The predicted octanol–water partition coefficient (Wildman–Crippen LogP) is 4.88. The number of carbonyl (C=O) groups excluding carboxylic acids is 1. The average molecular weight is 476 g/mol. The van der Waals surface area contributed by atoms with Crippen LogP contribution in [0.1, 0.15) is 72.6 Å². The van der Waals surface area contributed by atoms with Gasteiger partial charge in [-0.25, -0.2) is 9.59 Å². The van der Waals surface area contributed by atoms with Gasteiger partial charge in [0.2, 0.25) is 0 Å². The molecule has 2 heterocycles. The van der Waals surface area contributed by atoms with Crippen molar-refractivity contribution in [1.29, 1.82) is 0 Å². The molecule has 190 valence electrons. The van der Waals surface area contributed by atoms with E-state index in [0.29, 0.717) is 36.6 Å². The lowest BCUT2D eigenvalue weighted by Crippen LogP contribution is -2.42. The van der Waals surface area contributed by atoms with Crippen molar-refractivity contribution in [2.45, 2.75) is 86.6 Å². The van der Waals surface area contributed by atoms with Gasteiger partial charge in [-0.15, -0.1) is 0 Å². The van der Waals surface area contributed by atoms with Crippen LogP contribution in [0.3, 0.4) is 0 Å². The van der Waals surface area contributed by atoms with E-state index in [9.17, 15) is 14.4 Å². The Hall–Kier alpha value is -2.87. The second-order valence-corrected chi connectivity index (χ2v) is 8.05. The number of aromatic nitrogens is 2. The fourth-order valence-electron chi connectivity index (χ4n) is 3.92. The van der Waals surface area contributed by atoms with Gasteiger partial charge in [0.15, 0.2) is 0 Å². The van der Waals surface area contributed by atoms with Gasteiger partial charge in [0.05, 0.1) is 6.10 Å². The van der Waals surface area contributed by atoms with Gasteiger partial charge in [0.25, 0.3) is 5.56 Å². The number of aryl methyl sites for hydroxylation is 1. The molecule has 1 saturated heterocycles. The number of para-hydroxylation sites is 1. The topological polar surface area (TPSA) is 91.6 Å². The quantitative estimate of drug-likeness (QED) is 0.549. The number of benzene rings is 1. The van der Waals surface area contributed by atoms with Crippen LogP contribution in [0.2, 0.25) is 0 Å². The van der Waals surface area contributed by atoms with E-state index in [-0.39, 0.29) is 37.6 Å². The first-order chi connectivity index (χ1) is 15.9. The van der Waals surface area contributed by atoms with E-state index < -0.39 is 6.09 Å². The van der Waals surface area contributed by atoms with Gasteiger partial charge in [0.1, 0.15) is 12.0 Å². The lowest BCUT2D eigenvalue weighted by atomic mass is 10.0. The molecule has 1 aliphatic heterocycles. The molecule has 3 unspecified atom stereocenters. The molecule has 1 aliphatic rings. The van der Waals surface area contributed by atoms with Crippen LogP contribution in [0.25, 0.3) is 0 Å². The third-order valence-corrected chi connectivity index (χ3v) is 5.65. The Labute approximate surface area is 202 Å². The summed E-state index contributed by atoms with van der Waals surface area (Å²) in [6.07, 6.45) is 3.69. The summed E-state index contributed by atoms with van der Waals surface area (Å²) < 4.78 is 14.0. The first-order valence-electron chi connectivity index (χ1n) is 11.9. The molecule has 1 fully saturated rings. The van der Waals surface area contributed by atoms with Crippen LogP contribution >= 0.6 is 0 Å². The zero-order valence-corrected chi connectivity index (χ0v) is 20.4. The van der Waals surface area contributed by atoms with Crippen molar-refractivity contribution in [3.8, 4) is 5.75 Å². The Morgan fingerprint density at radius 2 is 1.85 bits per heavy atom. The number of ether oxygens (including phenoxy) is 2. The lowest BCUT2D eigenvalue weighted by molar-refractivity contribution is -0.00846. The van der Waals surface area contributed by atoms with Crippen LogP contribution in [0.5, 0.6) is 5.75 Å². The number of amides is 1. The molecular weight excluding hydrogens is 434 g/mol. The van der Waals surface area contributed by atoms with Gasteiger partial charge < -0.3 is 14.8 Å². The molecule has 0 spiro atoms. The third-order valence-electron chi connectivity index (χ3n) is 5.65. The predicted molar refractivity (Wildman–Crippen MR) is 135 cm³/mol. The van der Waals surface area contributed by atoms with Gasteiger partial charge in [-0.3, -0.25) is 13.9 Å². The number of nitrogens with zero attached hydrogens (tertiary/aromatic N) is 2. The highest BCUT2D eigenvalue weighted by atomic mass is 16.6. The molecule has 2 aromatic rings. The van der Waals surface area contributed by atoms with E-state index in [1.54, 1.807) is 42.0 Å². The Kier molecular flexibility index (Phi) is 12.4. The van der Waals surface area contributed by atoms with E-state index in [0.717, 1.165) is 12.8 Å². The highest BCUT2D eigenvalue weighted by Gasteiger charge is 2.33. The van der Waals surface area contributed by atoms with E-state index in [1.165, 1.54) is 4.57 Å². The maximum absolute atomic E-state index is 13.0. The van der Waals surface area contributed by atoms with Crippen molar-refractivity contribution in [3.63, 3.8) is 0 Å². The summed E-state index contributed by atoms with van der Waals surface area (Å²) in [6.45, 7) is 10.6. The lowest BCUT2D eigenvalue weighted by Gasteiger charge is -2.18. The minimum absolute atomic E-state index is 0. The maximum atomic E-state index is 13.0. The van der Waals surface area contributed by atoms with Crippen molar-refractivity contribution in [1.82, 2.24) is 14.5 Å². The van der Waals surface area contributed by atoms with Gasteiger partial charge in [0, 0.05) is 24.8 Å². The van der Waals surface area contributed by atoms with E-state index >= 15 is 0 Å². The molecule has 1 amide bonds. The summed E-state index contributed by atoms with van der Waals surface area (Å²) in [5.74, 6) is 0.838. The third kappa shape index (κ3) is 7.58. The fourth-order valence-corrected chi connectivity index (χ4v) is 3.92. The second-order valence-electron chi connectivity index (χ2n) is 8.05. The van der Waals surface area contributed by atoms with Gasteiger partial charge >= 0.3 is 11.8 Å². The summed E-state index contributed by atoms with van der Waals surface area (Å²) in [4.78, 5) is 37.3. The Morgan fingerprint density at radius 3 is 2.47 bits per heavy atom. The largest absolute Gasteiger partial charge is 0.412 e. The van der Waals surface area contributed by atoms with Crippen LogP contribution in [0, 0.1) is 12.8 Å². The minimum Gasteiger partial charge on any atom is -0.410 e. The van der Waals surface area contributed by atoms with Crippen molar-refractivity contribution in [2.24, 2.45) is 5.92 Å². The first kappa shape index (κ1) is 29.2. The molecular formula is C26H41N3O5. The van der Waals surface area contributed by atoms with Crippen LogP contribution in [0.15, 0.2) is 46.1 Å². The van der Waals surface area contributed by atoms with Crippen LogP contribution < -0.4 is 21.3 Å². The monoisotopic (exact) mass is 475 g/mol. The SMILES string of the molecule is C.CC.CCC1OC(n2cc(C)c(=O)n(CCCCNC(=O)Oc3ccccc3)c2=O)CC1C. The summed E-state index contributed by atoms with van der Waals surface area (Å²) in [6, 6.07) is 8.81. The summed E-state index contributed by atoms with van der Waals surface area (Å²) >= 11 is 0. The smallest absolute Gasteiger partial charge is 0.410 e. The molecule has 8 nitrogen and oxygen atoms in total. The minimum atomic E-state index is -0.528. The number of nitrogens with one attached hydrogen (secondary N) is 1. The van der Waals surface area contributed by atoms with Crippen LogP contribution in [-0.2, 0) is 11.3 Å². The molecule has 0 bridgehead atoms. The normalized spacial score (nSPS) is 18.9. The fraction of sp³-hybridized carbons (Fsp3) is 0.577. The number of hydrogen-bond acceptors (Lipinski definition) is 5. The van der Waals surface area contributed by atoms with Crippen molar-refractivity contribution < 1.29 is 14.3 Å². The standard InChI is InChI=1S/C23H31N3O5.C2H6.CH4/c1-4-19-16(2)14-20(31-19)26-15-17(3)21(27)25(23(26)29)13-9-8-12-24-22(28)30-18-10-6-5-7-11-18;1-2;/h5-7,10-11,15-16,19-20H,4,8-9,12-14H2,1-3H3,(H,24,28);1-2H3;1H4. The van der Waals surface area contributed by atoms with Crippen molar-refractivity contribution in [3.05, 3.63) is 62.9 Å². The maximum Gasteiger partial charge on any atom is 0.412 e. The zero-order valence-electron chi connectivity index (χ0n) is 20.4. The Balaban J connectivity index is 0.00000188. The number of unbranched alkanes of at least 4 members (excludes halogenated alkanes) is 1. The number of rotatable bonds is 8. The Bertz CT molecular complexity index is 1000. The highest BCUT2D eigenvalue weighted by Crippen LogP contribution is 2.33. The van der Waals surface area contributed by atoms with Gasteiger partial charge in [-0.05, 0) is 50.7 Å². The van der Waals surface area contributed by atoms with Crippen molar-refractivity contribution >= 4 is 6.09 Å². The molecule has 8 heteroatoms. The summed E-state index contributed by atoms with van der Waals surface area (Å²) in [7, 11) is 0. The zero-order chi connectivity index (χ0) is 24.4. The summed E-state index contributed by atoms with van der Waals surface area (Å²) in [5, 5.41) is 2.68. The van der Waals surface area contributed by atoms with E-state index in [1.807, 2.05) is 19.9 Å². The molecule has 34 heavy (non-hydrogen) atoms. The van der Waals surface area contributed by atoms with Crippen molar-refractivity contribution in [2.75, 3.05) is 6.54 Å². The molecule has 0 radical (unpaired) electrons. The molecule has 3 rings (SSSR count). The van der Waals surface area contributed by atoms with E-state index in [2.05, 4.69) is 19.2 Å². The molecule has 1 aromatic heterocycles. The Morgan fingerprint density at radius 1 is 1.18 bits per heavy atom. The molecule has 1 N–H and O–H groups in total. The molecule has 0 aliphatic carbocycles. The first-order valence-corrected chi connectivity index (χ1v) is 11.9. The average Bonchev–Trinajstić information content (AvgIpc) is 3.20. The molecule has 3 atom stereocenters.